The Hall–Kier alpha value is -2.64. The highest BCUT2D eigenvalue weighted by atomic mass is 16.2. The van der Waals surface area contributed by atoms with Crippen LogP contribution in [0, 0.1) is 12.8 Å². The van der Waals surface area contributed by atoms with Gasteiger partial charge >= 0.3 is 0 Å². The number of likely N-dealkylation sites (tertiary alicyclic amines) is 2. The number of carbonyl (C=O) groups is 2. The van der Waals surface area contributed by atoms with Gasteiger partial charge in [-0.1, -0.05) is 6.42 Å². The molecule has 4 heterocycles. The Bertz CT molecular complexity index is 1060. The largest absolute Gasteiger partial charge is 0.343 e. The van der Waals surface area contributed by atoms with Gasteiger partial charge in [-0.15, -0.1) is 0 Å². The van der Waals surface area contributed by atoms with Crippen LogP contribution in [0.5, 0.6) is 0 Å². The van der Waals surface area contributed by atoms with Crippen LogP contribution in [0.3, 0.4) is 0 Å². The molecule has 1 N–H and O–H groups in total. The first-order valence-corrected chi connectivity index (χ1v) is 11.7. The lowest BCUT2D eigenvalue weighted by molar-refractivity contribution is -0.139. The number of H-pyrrole nitrogens is 1. The van der Waals surface area contributed by atoms with Crippen molar-refractivity contribution in [2.45, 2.75) is 70.8 Å². The predicted octanol–water partition coefficient (Wildman–Crippen LogP) is 2.35. The molecule has 8 heteroatoms. The lowest BCUT2D eigenvalue weighted by Gasteiger charge is -2.32. The van der Waals surface area contributed by atoms with E-state index in [1.165, 1.54) is 4.52 Å². The number of aryl methyl sites for hydroxylation is 1. The first-order chi connectivity index (χ1) is 15.0. The van der Waals surface area contributed by atoms with Crippen LogP contribution in [0.15, 0.2) is 10.9 Å². The van der Waals surface area contributed by atoms with Gasteiger partial charge in [-0.25, -0.2) is 9.50 Å². The van der Waals surface area contributed by atoms with Crippen LogP contribution >= 0.6 is 0 Å². The summed E-state index contributed by atoms with van der Waals surface area (Å²) in [4.78, 5) is 47.0. The summed E-state index contributed by atoms with van der Waals surface area (Å²) in [6.07, 6.45) is 7.87. The number of fused-ring (bicyclic) bond motifs is 1. The van der Waals surface area contributed by atoms with Crippen LogP contribution in [0.2, 0.25) is 0 Å². The van der Waals surface area contributed by atoms with Gasteiger partial charge < -0.3 is 9.80 Å². The zero-order valence-corrected chi connectivity index (χ0v) is 18.2. The minimum Gasteiger partial charge on any atom is -0.343 e. The third kappa shape index (κ3) is 3.66. The van der Waals surface area contributed by atoms with Crippen LogP contribution in [0.4, 0.5) is 0 Å². The fourth-order valence-electron chi connectivity index (χ4n) is 5.25. The number of aromatic nitrogens is 3. The second kappa shape index (κ2) is 8.13. The second-order valence-corrected chi connectivity index (χ2v) is 9.29. The average Bonchev–Trinajstić information content (AvgIpc) is 3.45. The molecule has 2 aromatic heterocycles. The summed E-state index contributed by atoms with van der Waals surface area (Å²) in [6.45, 7) is 4.27. The molecule has 3 fully saturated rings. The number of aromatic amines is 1. The van der Waals surface area contributed by atoms with E-state index in [0.717, 1.165) is 70.3 Å². The molecule has 3 aliphatic rings. The Morgan fingerprint density at radius 1 is 1.10 bits per heavy atom. The number of nitrogens with zero attached hydrogens (tertiary/aromatic N) is 4. The molecule has 0 spiro atoms. The van der Waals surface area contributed by atoms with Gasteiger partial charge in [0.1, 0.15) is 0 Å². The van der Waals surface area contributed by atoms with Gasteiger partial charge in [0.05, 0.1) is 11.7 Å². The van der Waals surface area contributed by atoms with E-state index in [-0.39, 0.29) is 29.3 Å². The van der Waals surface area contributed by atoms with Crippen molar-refractivity contribution in [3.63, 3.8) is 0 Å². The maximum Gasteiger partial charge on any atom is 0.276 e. The summed E-state index contributed by atoms with van der Waals surface area (Å²) < 4.78 is 1.49. The summed E-state index contributed by atoms with van der Waals surface area (Å²) in [5.41, 5.74) is 2.58. The Labute approximate surface area is 181 Å². The smallest absolute Gasteiger partial charge is 0.276 e. The molecule has 8 nitrogen and oxygen atoms in total. The van der Waals surface area contributed by atoms with Gasteiger partial charge in [-0.3, -0.25) is 19.5 Å². The van der Waals surface area contributed by atoms with E-state index in [4.69, 9.17) is 0 Å². The summed E-state index contributed by atoms with van der Waals surface area (Å²) in [7, 11) is 0. The molecule has 0 bridgehead atoms. The molecular weight excluding hydrogens is 394 g/mol. The number of nitrogens with one attached hydrogen (secondary N) is 1. The second-order valence-electron chi connectivity index (χ2n) is 9.29. The highest BCUT2D eigenvalue weighted by Gasteiger charge is 2.37. The number of carbonyl (C=O) groups excluding carboxylic acids is 2. The summed E-state index contributed by atoms with van der Waals surface area (Å²) in [5.74, 6) is 0.544. The topological polar surface area (TPSA) is 90.8 Å². The lowest BCUT2D eigenvalue weighted by Crippen LogP contribution is -2.38. The van der Waals surface area contributed by atoms with Gasteiger partial charge in [0, 0.05) is 49.3 Å². The van der Waals surface area contributed by atoms with Crippen molar-refractivity contribution < 1.29 is 9.59 Å². The Balaban J connectivity index is 1.38. The van der Waals surface area contributed by atoms with E-state index in [9.17, 15) is 14.4 Å². The van der Waals surface area contributed by atoms with Crippen molar-refractivity contribution in [2.24, 2.45) is 5.92 Å². The standard InChI is InChI=1S/C23H31N5O3/c1-15-17(9-10-21(29)26-11-2-3-12-26)23(31)28-20(24-15)14-18(25-28)19-8-5-13-27(19)22(30)16-6-4-7-16/h14,16,19,25H,2-13H2,1H3. The first kappa shape index (κ1) is 20.3. The number of hydrogen-bond donors (Lipinski definition) is 1. The monoisotopic (exact) mass is 425 g/mol. The first-order valence-electron chi connectivity index (χ1n) is 11.7. The van der Waals surface area contributed by atoms with Crippen molar-refractivity contribution >= 4 is 17.5 Å². The molecule has 166 valence electrons. The van der Waals surface area contributed by atoms with Gasteiger partial charge in [0.15, 0.2) is 5.65 Å². The van der Waals surface area contributed by atoms with Crippen molar-refractivity contribution in [1.82, 2.24) is 24.4 Å². The maximum absolute atomic E-state index is 13.2. The van der Waals surface area contributed by atoms with Crippen molar-refractivity contribution in [3.05, 3.63) is 33.4 Å². The van der Waals surface area contributed by atoms with Gasteiger partial charge in [0.2, 0.25) is 11.8 Å². The summed E-state index contributed by atoms with van der Waals surface area (Å²) in [5, 5.41) is 3.23. The maximum atomic E-state index is 13.2. The fourth-order valence-corrected chi connectivity index (χ4v) is 5.25. The van der Waals surface area contributed by atoms with E-state index < -0.39 is 0 Å². The third-order valence-corrected chi connectivity index (χ3v) is 7.33. The Morgan fingerprint density at radius 2 is 1.87 bits per heavy atom. The van der Waals surface area contributed by atoms with Crippen LogP contribution in [-0.2, 0) is 16.0 Å². The molecule has 1 unspecified atom stereocenters. The van der Waals surface area contributed by atoms with Crippen LogP contribution in [0.1, 0.15) is 74.4 Å². The average molecular weight is 426 g/mol. The van der Waals surface area contributed by atoms with Crippen molar-refractivity contribution in [3.8, 4) is 0 Å². The molecule has 0 radical (unpaired) electrons. The fraction of sp³-hybridized carbons (Fsp3) is 0.652. The van der Waals surface area contributed by atoms with Gasteiger partial charge in [-0.05, 0) is 51.9 Å². The molecule has 1 saturated carbocycles. The highest BCUT2D eigenvalue weighted by molar-refractivity contribution is 5.80. The molecule has 1 aliphatic carbocycles. The van der Waals surface area contributed by atoms with E-state index in [1.54, 1.807) is 0 Å². The van der Waals surface area contributed by atoms with Gasteiger partial charge in [0.25, 0.3) is 5.56 Å². The Kier molecular flexibility index (Phi) is 5.32. The number of rotatable bonds is 5. The SMILES string of the molecule is Cc1nc2cc(C3CCCN3C(=O)C3CCC3)[nH]n2c(=O)c1CCC(=O)N1CCCC1. The minimum atomic E-state index is -0.141. The van der Waals surface area contributed by atoms with E-state index >= 15 is 0 Å². The molecule has 1 atom stereocenters. The molecule has 5 rings (SSSR count). The predicted molar refractivity (Wildman–Crippen MR) is 116 cm³/mol. The minimum absolute atomic E-state index is 0.0188. The molecule has 31 heavy (non-hydrogen) atoms. The van der Waals surface area contributed by atoms with Crippen LogP contribution in [-0.4, -0.2) is 55.8 Å². The molecule has 0 aromatic carbocycles. The quantitative estimate of drug-likeness (QED) is 0.796. The number of hydrogen-bond acceptors (Lipinski definition) is 4. The Morgan fingerprint density at radius 3 is 2.58 bits per heavy atom. The zero-order valence-electron chi connectivity index (χ0n) is 18.2. The summed E-state index contributed by atoms with van der Waals surface area (Å²) in [6, 6.07) is 1.89. The van der Waals surface area contributed by atoms with Crippen molar-refractivity contribution in [2.75, 3.05) is 19.6 Å². The highest BCUT2D eigenvalue weighted by Crippen LogP contribution is 2.36. The van der Waals surface area contributed by atoms with Crippen LogP contribution in [0.25, 0.3) is 5.65 Å². The van der Waals surface area contributed by atoms with Crippen LogP contribution < -0.4 is 5.56 Å². The number of amides is 2. The van der Waals surface area contributed by atoms with E-state index in [1.807, 2.05) is 22.8 Å². The summed E-state index contributed by atoms with van der Waals surface area (Å²) >= 11 is 0. The normalized spacial score (nSPS) is 21.8. The van der Waals surface area contributed by atoms with Gasteiger partial charge in [-0.2, -0.15) is 0 Å². The third-order valence-electron chi connectivity index (χ3n) is 7.33. The molecule has 2 saturated heterocycles. The molecule has 2 aliphatic heterocycles. The van der Waals surface area contributed by atoms with Crippen molar-refractivity contribution in [1.29, 1.82) is 0 Å². The van der Waals surface area contributed by atoms with E-state index in [2.05, 4.69) is 10.1 Å². The molecular formula is C23H31N5O3. The van der Waals surface area contributed by atoms with E-state index in [0.29, 0.717) is 29.7 Å². The zero-order chi connectivity index (χ0) is 21.5. The molecule has 2 amide bonds. The molecule has 2 aromatic rings. The lowest BCUT2D eigenvalue weighted by atomic mass is 9.84.